The molecule has 3 rings (SSSR count). The van der Waals surface area contributed by atoms with Gasteiger partial charge >= 0.3 is 0 Å². The molecule has 0 spiro atoms. The first-order valence-corrected chi connectivity index (χ1v) is 9.37. The first-order valence-electron chi connectivity index (χ1n) is 9.37. The Morgan fingerprint density at radius 2 is 2.12 bits per heavy atom. The molecule has 0 radical (unpaired) electrons. The molecule has 2 atom stereocenters. The van der Waals surface area contributed by atoms with Gasteiger partial charge in [-0.05, 0) is 56.8 Å². The van der Waals surface area contributed by atoms with Gasteiger partial charge in [0.2, 0.25) is 0 Å². The van der Waals surface area contributed by atoms with Crippen molar-refractivity contribution in [2.75, 3.05) is 44.2 Å². The van der Waals surface area contributed by atoms with Crippen molar-refractivity contribution < 1.29 is 5.11 Å². The number of aromatic nitrogens is 2. The Morgan fingerprint density at radius 3 is 2.88 bits per heavy atom. The zero-order valence-corrected chi connectivity index (χ0v) is 14.8. The van der Waals surface area contributed by atoms with Gasteiger partial charge in [-0.15, -0.1) is 5.10 Å². The largest absolute Gasteiger partial charge is 0.390 e. The summed E-state index contributed by atoms with van der Waals surface area (Å²) in [7, 11) is 0. The highest BCUT2D eigenvalue weighted by Gasteiger charge is 2.22. The van der Waals surface area contributed by atoms with Gasteiger partial charge in [-0.3, -0.25) is 0 Å². The van der Waals surface area contributed by atoms with Gasteiger partial charge in [-0.2, -0.15) is 5.10 Å². The lowest BCUT2D eigenvalue weighted by molar-refractivity contribution is 0.0883. The molecule has 24 heavy (non-hydrogen) atoms. The Hall–Kier alpha value is -1.24. The first kappa shape index (κ1) is 17.6. The molecule has 0 saturated carbocycles. The third-order valence-electron chi connectivity index (χ3n) is 5.29. The number of anilines is 1. The summed E-state index contributed by atoms with van der Waals surface area (Å²) in [5.41, 5.74) is 0. The Balaban J connectivity index is 1.39. The number of aliphatic hydroxyl groups excluding tert-OH is 1. The summed E-state index contributed by atoms with van der Waals surface area (Å²) in [4.78, 5) is 4.69. The van der Waals surface area contributed by atoms with Crippen molar-refractivity contribution in [1.82, 2.24) is 20.4 Å². The van der Waals surface area contributed by atoms with Crippen LogP contribution >= 0.6 is 0 Å². The summed E-state index contributed by atoms with van der Waals surface area (Å²) in [5, 5.41) is 22.1. The Kier molecular flexibility index (Phi) is 6.40. The number of likely N-dealkylation sites (tertiary alicyclic amines) is 1. The van der Waals surface area contributed by atoms with Crippen molar-refractivity contribution in [3.05, 3.63) is 18.3 Å². The van der Waals surface area contributed by atoms with Crippen LogP contribution < -0.4 is 10.2 Å². The average molecular weight is 333 g/mol. The van der Waals surface area contributed by atoms with Crippen LogP contribution in [0.4, 0.5) is 5.82 Å². The molecule has 2 aliphatic heterocycles. The first-order chi connectivity index (χ1) is 11.7. The molecule has 0 aliphatic carbocycles. The molecular formula is C18H31N5O. The highest BCUT2D eigenvalue weighted by atomic mass is 16.3. The van der Waals surface area contributed by atoms with Gasteiger partial charge in [0, 0.05) is 38.4 Å². The summed E-state index contributed by atoms with van der Waals surface area (Å²) in [6.07, 6.45) is 6.25. The van der Waals surface area contributed by atoms with Crippen molar-refractivity contribution in [3.8, 4) is 0 Å². The molecule has 1 aromatic heterocycles. The third kappa shape index (κ3) is 5.13. The molecule has 3 heterocycles. The highest BCUT2D eigenvalue weighted by molar-refractivity contribution is 5.37. The maximum Gasteiger partial charge on any atom is 0.151 e. The summed E-state index contributed by atoms with van der Waals surface area (Å²) < 4.78 is 0. The van der Waals surface area contributed by atoms with Crippen molar-refractivity contribution in [3.63, 3.8) is 0 Å². The van der Waals surface area contributed by atoms with Crippen molar-refractivity contribution in [1.29, 1.82) is 0 Å². The predicted molar refractivity (Wildman–Crippen MR) is 96.1 cm³/mol. The summed E-state index contributed by atoms with van der Waals surface area (Å²) in [6, 6.07) is 4.36. The second-order valence-electron chi connectivity index (χ2n) is 7.41. The lowest BCUT2D eigenvalue weighted by Gasteiger charge is -2.35. The Morgan fingerprint density at radius 1 is 1.29 bits per heavy atom. The van der Waals surface area contributed by atoms with Gasteiger partial charge in [-0.1, -0.05) is 6.92 Å². The van der Waals surface area contributed by atoms with E-state index in [0.29, 0.717) is 12.6 Å². The second kappa shape index (κ2) is 8.74. The van der Waals surface area contributed by atoms with E-state index in [-0.39, 0.29) is 6.10 Å². The average Bonchev–Trinajstić information content (AvgIpc) is 2.63. The third-order valence-corrected chi connectivity index (χ3v) is 5.29. The molecule has 6 nitrogen and oxygen atoms in total. The van der Waals surface area contributed by atoms with Crippen molar-refractivity contribution >= 4 is 5.82 Å². The minimum Gasteiger partial charge on any atom is -0.390 e. The van der Waals surface area contributed by atoms with Crippen LogP contribution in [0, 0.1) is 5.92 Å². The summed E-state index contributed by atoms with van der Waals surface area (Å²) >= 11 is 0. The van der Waals surface area contributed by atoms with Crippen LogP contribution in [0.25, 0.3) is 0 Å². The SMILES string of the molecule is CC1CCN(C[C@H](O)CN[C@H]2CCCN(c3cccnn3)C2)CC1. The number of nitrogens with one attached hydrogen (secondary N) is 1. The van der Waals surface area contributed by atoms with Crippen LogP contribution in [0.2, 0.25) is 0 Å². The van der Waals surface area contributed by atoms with E-state index in [4.69, 9.17) is 0 Å². The monoisotopic (exact) mass is 333 g/mol. The van der Waals surface area contributed by atoms with E-state index in [0.717, 1.165) is 57.3 Å². The molecule has 6 heteroatoms. The molecule has 2 fully saturated rings. The number of rotatable bonds is 6. The van der Waals surface area contributed by atoms with Gasteiger partial charge in [0.15, 0.2) is 5.82 Å². The minimum atomic E-state index is -0.287. The standard InChI is InChI=1S/C18H31N5O/c1-15-6-10-22(11-7-15)14-17(24)12-19-16-4-3-9-23(13-16)18-5-2-8-20-21-18/h2,5,8,15-17,19,24H,3-4,6-7,9-14H2,1H3/t16-,17+/m0/s1. The number of nitrogens with zero attached hydrogens (tertiary/aromatic N) is 4. The quantitative estimate of drug-likeness (QED) is 0.814. The van der Waals surface area contributed by atoms with E-state index in [1.54, 1.807) is 6.20 Å². The van der Waals surface area contributed by atoms with E-state index in [9.17, 15) is 5.11 Å². The fraction of sp³-hybridized carbons (Fsp3) is 0.778. The van der Waals surface area contributed by atoms with Crippen LogP contribution in [0.5, 0.6) is 0 Å². The van der Waals surface area contributed by atoms with E-state index >= 15 is 0 Å². The lowest BCUT2D eigenvalue weighted by atomic mass is 9.99. The molecule has 0 amide bonds. The number of hydrogen-bond acceptors (Lipinski definition) is 6. The molecular weight excluding hydrogens is 302 g/mol. The van der Waals surface area contributed by atoms with Crippen LogP contribution in [-0.2, 0) is 0 Å². The zero-order valence-electron chi connectivity index (χ0n) is 14.8. The van der Waals surface area contributed by atoms with E-state index in [1.807, 2.05) is 12.1 Å². The van der Waals surface area contributed by atoms with Gasteiger partial charge in [0.1, 0.15) is 0 Å². The van der Waals surface area contributed by atoms with Gasteiger partial charge in [-0.25, -0.2) is 0 Å². The lowest BCUT2D eigenvalue weighted by Crippen LogP contribution is -2.49. The number of hydrogen-bond donors (Lipinski definition) is 2. The smallest absolute Gasteiger partial charge is 0.151 e. The van der Waals surface area contributed by atoms with Crippen LogP contribution in [0.3, 0.4) is 0 Å². The molecule has 0 bridgehead atoms. The summed E-state index contributed by atoms with van der Waals surface area (Å²) in [6.45, 7) is 8.01. The maximum absolute atomic E-state index is 10.3. The minimum absolute atomic E-state index is 0.287. The van der Waals surface area contributed by atoms with Crippen LogP contribution in [-0.4, -0.2) is 71.6 Å². The predicted octanol–water partition coefficient (Wildman–Crippen LogP) is 1.13. The van der Waals surface area contributed by atoms with E-state index in [2.05, 4.69) is 32.2 Å². The summed E-state index contributed by atoms with van der Waals surface area (Å²) in [5.74, 6) is 1.79. The molecule has 0 unspecified atom stereocenters. The Bertz CT molecular complexity index is 478. The molecule has 2 aliphatic rings. The zero-order chi connectivity index (χ0) is 16.8. The van der Waals surface area contributed by atoms with Crippen LogP contribution in [0.15, 0.2) is 18.3 Å². The number of β-amino-alcohol motifs (C(OH)–C–C–N with tert-alkyl or cyclic N) is 1. The van der Waals surface area contributed by atoms with Gasteiger partial charge in [0.05, 0.1) is 6.10 Å². The maximum atomic E-state index is 10.3. The fourth-order valence-electron chi connectivity index (χ4n) is 3.72. The molecule has 1 aromatic rings. The second-order valence-corrected chi connectivity index (χ2v) is 7.41. The topological polar surface area (TPSA) is 64.5 Å². The highest BCUT2D eigenvalue weighted by Crippen LogP contribution is 2.17. The van der Waals surface area contributed by atoms with Crippen molar-refractivity contribution in [2.45, 2.75) is 44.8 Å². The van der Waals surface area contributed by atoms with Crippen molar-refractivity contribution in [2.24, 2.45) is 5.92 Å². The fourth-order valence-corrected chi connectivity index (χ4v) is 3.72. The van der Waals surface area contributed by atoms with Gasteiger partial charge < -0.3 is 20.2 Å². The van der Waals surface area contributed by atoms with Gasteiger partial charge in [0.25, 0.3) is 0 Å². The molecule has 2 N–H and O–H groups in total. The van der Waals surface area contributed by atoms with Crippen LogP contribution in [0.1, 0.15) is 32.6 Å². The molecule has 134 valence electrons. The normalized spacial score (nSPS) is 24.9. The Labute approximate surface area is 145 Å². The van der Waals surface area contributed by atoms with E-state index in [1.165, 1.54) is 12.8 Å². The number of aliphatic hydroxyl groups is 1. The molecule has 0 aromatic carbocycles. The molecule has 2 saturated heterocycles. The van der Waals surface area contributed by atoms with E-state index < -0.39 is 0 Å². The number of piperidine rings is 2.